The average Bonchev–Trinajstić information content (AvgIpc) is 2.67. The predicted molar refractivity (Wildman–Crippen MR) is 109 cm³/mol. The zero-order valence-corrected chi connectivity index (χ0v) is 17.2. The molecule has 1 aromatic heterocycles. The van der Waals surface area contributed by atoms with Gasteiger partial charge in [-0.1, -0.05) is 0 Å². The maximum atomic E-state index is 13.0. The van der Waals surface area contributed by atoms with E-state index in [0.717, 1.165) is 6.07 Å². The van der Waals surface area contributed by atoms with Crippen molar-refractivity contribution in [3.05, 3.63) is 71.0 Å². The van der Waals surface area contributed by atoms with Crippen molar-refractivity contribution in [2.75, 3.05) is 4.72 Å². The molecule has 3 N–H and O–H groups in total. The molecular formula is C20H17N3O7S. The van der Waals surface area contributed by atoms with Crippen LogP contribution in [0.4, 0.5) is 5.95 Å². The van der Waals surface area contributed by atoms with Crippen molar-refractivity contribution in [2.24, 2.45) is 0 Å². The van der Waals surface area contributed by atoms with Gasteiger partial charge in [0.05, 0.1) is 11.1 Å². The zero-order valence-electron chi connectivity index (χ0n) is 16.4. The van der Waals surface area contributed by atoms with E-state index >= 15 is 0 Å². The van der Waals surface area contributed by atoms with Gasteiger partial charge < -0.3 is 14.9 Å². The Hall–Kier alpha value is -3.99. The van der Waals surface area contributed by atoms with Gasteiger partial charge in [-0.3, -0.25) is 0 Å². The second-order valence-electron chi connectivity index (χ2n) is 6.48. The summed E-state index contributed by atoms with van der Waals surface area (Å²) in [5.41, 5.74) is 0.837. The van der Waals surface area contributed by atoms with Gasteiger partial charge in [0.1, 0.15) is 16.4 Å². The molecule has 3 rings (SSSR count). The molecule has 0 aliphatic heterocycles. The zero-order chi connectivity index (χ0) is 22.8. The molecule has 0 radical (unpaired) electrons. The first-order valence-electron chi connectivity index (χ1n) is 8.79. The summed E-state index contributed by atoms with van der Waals surface area (Å²) in [6.45, 7) is 3.35. The van der Waals surface area contributed by atoms with Crippen molar-refractivity contribution < 1.29 is 33.0 Å². The molecule has 31 heavy (non-hydrogen) atoms. The molecule has 0 bridgehead atoms. The number of anilines is 1. The smallest absolute Gasteiger partial charge is 0.335 e. The maximum absolute atomic E-state index is 13.0. The van der Waals surface area contributed by atoms with Gasteiger partial charge in [0.25, 0.3) is 10.0 Å². The minimum absolute atomic E-state index is 0.0232. The van der Waals surface area contributed by atoms with E-state index in [0.29, 0.717) is 11.4 Å². The second kappa shape index (κ2) is 8.40. The number of carboxylic acid groups (broad SMARTS) is 2. The van der Waals surface area contributed by atoms with Crippen LogP contribution in [-0.2, 0) is 10.0 Å². The number of aromatic carboxylic acids is 2. The molecule has 0 aliphatic rings. The van der Waals surface area contributed by atoms with Crippen molar-refractivity contribution in [1.29, 1.82) is 0 Å². The van der Waals surface area contributed by atoms with Crippen molar-refractivity contribution in [2.45, 2.75) is 18.7 Å². The Labute approximate surface area is 177 Å². The van der Waals surface area contributed by atoms with Crippen LogP contribution in [-0.4, -0.2) is 40.5 Å². The Kier molecular flexibility index (Phi) is 5.88. The fourth-order valence-corrected chi connectivity index (χ4v) is 3.77. The molecule has 0 unspecified atom stereocenters. The summed E-state index contributed by atoms with van der Waals surface area (Å²) in [7, 11) is -4.33. The third-order valence-corrected chi connectivity index (χ3v) is 5.37. The highest BCUT2D eigenvalue weighted by molar-refractivity contribution is 7.92. The molecule has 2 aromatic carbocycles. The third kappa shape index (κ3) is 5.14. The lowest BCUT2D eigenvalue weighted by molar-refractivity contribution is 0.0686. The van der Waals surface area contributed by atoms with Crippen LogP contribution >= 0.6 is 0 Å². The van der Waals surface area contributed by atoms with Gasteiger partial charge in [0, 0.05) is 11.4 Å². The summed E-state index contributed by atoms with van der Waals surface area (Å²) in [6.07, 6.45) is 0. The average molecular weight is 443 g/mol. The number of sulfonamides is 1. The fraction of sp³-hybridized carbons (Fsp3) is 0.100. The van der Waals surface area contributed by atoms with Crippen molar-refractivity contribution in [3.8, 4) is 11.5 Å². The van der Waals surface area contributed by atoms with Crippen LogP contribution in [0.15, 0.2) is 53.4 Å². The van der Waals surface area contributed by atoms with Crippen LogP contribution in [0.5, 0.6) is 11.5 Å². The Balaban J connectivity index is 2.02. The van der Waals surface area contributed by atoms with Gasteiger partial charge in [-0.2, -0.15) is 0 Å². The lowest BCUT2D eigenvalue weighted by Gasteiger charge is -2.14. The SMILES string of the molecule is Cc1cc(C)nc(NS(=O)(=O)c2cc(C(=O)O)ccc2Oc2ccc(C(=O)O)cc2)n1. The number of aryl methyl sites for hydroxylation is 2. The molecule has 0 aliphatic carbocycles. The predicted octanol–water partition coefficient (Wildman–Crippen LogP) is 3.08. The largest absolute Gasteiger partial charge is 0.478 e. The molecule has 10 nitrogen and oxygen atoms in total. The number of carboxylic acids is 2. The third-order valence-electron chi connectivity index (χ3n) is 4.02. The van der Waals surface area contributed by atoms with E-state index in [1.807, 2.05) is 0 Å². The highest BCUT2D eigenvalue weighted by atomic mass is 32.2. The van der Waals surface area contributed by atoms with E-state index in [1.54, 1.807) is 19.9 Å². The summed E-state index contributed by atoms with van der Waals surface area (Å²) in [6, 6.07) is 10.3. The molecule has 0 fully saturated rings. The number of benzene rings is 2. The van der Waals surface area contributed by atoms with Crippen LogP contribution in [0, 0.1) is 13.8 Å². The number of nitrogens with one attached hydrogen (secondary N) is 1. The second-order valence-corrected chi connectivity index (χ2v) is 8.13. The van der Waals surface area contributed by atoms with Crippen LogP contribution in [0.2, 0.25) is 0 Å². The topological polar surface area (TPSA) is 156 Å². The normalized spacial score (nSPS) is 11.0. The molecule has 11 heteroatoms. The van der Waals surface area contributed by atoms with Crippen LogP contribution in [0.3, 0.4) is 0 Å². The van der Waals surface area contributed by atoms with E-state index in [2.05, 4.69) is 14.7 Å². The maximum Gasteiger partial charge on any atom is 0.335 e. The lowest BCUT2D eigenvalue weighted by Crippen LogP contribution is -2.17. The standard InChI is InChI=1S/C20H17N3O7S/c1-11-9-12(2)22-20(21-11)23-31(28,29)17-10-14(19(26)27)5-8-16(17)30-15-6-3-13(4-7-15)18(24)25/h3-10H,1-2H3,(H,24,25)(H,26,27)(H,21,22,23). The highest BCUT2D eigenvalue weighted by Crippen LogP contribution is 2.31. The monoisotopic (exact) mass is 443 g/mol. The Morgan fingerprint density at radius 2 is 1.42 bits per heavy atom. The number of rotatable bonds is 7. The quantitative estimate of drug-likeness (QED) is 0.499. The molecule has 0 atom stereocenters. The number of ether oxygens (including phenoxy) is 1. The molecule has 0 amide bonds. The van der Waals surface area contributed by atoms with Crippen molar-refractivity contribution in [1.82, 2.24) is 9.97 Å². The first-order chi connectivity index (χ1) is 14.5. The van der Waals surface area contributed by atoms with Gasteiger partial charge >= 0.3 is 11.9 Å². The molecule has 3 aromatic rings. The molecule has 0 saturated heterocycles. The van der Waals surface area contributed by atoms with Crippen LogP contribution < -0.4 is 9.46 Å². The van der Waals surface area contributed by atoms with Gasteiger partial charge in [0.15, 0.2) is 0 Å². The van der Waals surface area contributed by atoms with Gasteiger partial charge in [-0.15, -0.1) is 0 Å². The Bertz CT molecular complexity index is 1250. The van der Waals surface area contributed by atoms with E-state index in [9.17, 15) is 23.1 Å². The molecule has 160 valence electrons. The first-order valence-corrected chi connectivity index (χ1v) is 10.3. The van der Waals surface area contributed by atoms with Crippen molar-refractivity contribution >= 4 is 27.9 Å². The summed E-state index contributed by atoms with van der Waals surface area (Å²) < 4.78 is 33.9. The molecule has 0 spiro atoms. The Morgan fingerprint density at radius 1 is 0.871 bits per heavy atom. The Morgan fingerprint density at radius 3 is 1.97 bits per heavy atom. The summed E-state index contributed by atoms with van der Waals surface area (Å²) in [5.74, 6) is -2.62. The summed E-state index contributed by atoms with van der Waals surface area (Å²) >= 11 is 0. The fourth-order valence-electron chi connectivity index (χ4n) is 2.67. The number of hydrogen-bond acceptors (Lipinski definition) is 7. The lowest BCUT2D eigenvalue weighted by atomic mass is 10.2. The van der Waals surface area contributed by atoms with Gasteiger partial charge in [0.2, 0.25) is 5.95 Å². The number of hydrogen-bond donors (Lipinski definition) is 3. The van der Waals surface area contributed by atoms with Crippen molar-refractivity contribution in [3.63, 3.8) is 0 Å². The molecule has 0 saturated carbocycles. The number of carbonyl (C=O) groups is 2. The minimum Gasteiger partial charge on any atom is -0.478 e. The first kappa shape index (κ1) is 21.7. The summed E-state index contributed by atoms with van der Waals surface area (Å²) in [4.78, 5) is 30.0. The highest BCUT2D eigenvalue weighted by Gasteiger charge is 2.24. The minimum atomic E-state index is -4.33. The molecule has 1 heterocycles. The van der Waals surface area contributed by atoms with E-state index < -0.39 is 26.9 Å². The van der Waals surface area contributed by atoms with Crippen LogP contribution in [0.1, 0.15) is 32.1 Å². The van der Waals surface area contributed by atoms with E-state index in [4.69, 9.17) is 9.84 Å². The van der Waals surface area contributed by atoms with Gasteiger partial charge in [-0.05, 0) is 62.4 Å². The molecular weight excluding hydrogens is 426 g/mol. The van der Waals surface area contributed by atoms with Gasteiger partial charge in [-0.25, -0.2) is 32.7 Å². The number of nitrogens with zero attached hydrogens (tertiary/aromatic N) is 2. The van der Waals surface area contributed by atoms with Crippen LogP contribution in [0.25, 0.3) is 0 Å². The number of aromatic nitrogens is 2. The van der Waals surface area contributed by atoms with E-state index in [-0.39, 0.29) is 28.6 Å². The van der Waals surface area contributed by atoms with E-state index in [1.165, 1.54) is 36.4 Å². The summed E-state index contributed by atoms with van der Waals surface area (Å²) in [5, 5.41) is 18.2.